The van der Waals surface area contributed by atoms with Gasteiger partial charge in [-0.2, -0.15) is 0 Å². The van der Waals surface area contributed by atoms with E-state index in [1.165, 1.54) is 0 Å². The fourth-order valence-electron chi connectivity index (χ4n) is 3.05. The van der Waals surface area contributed by atoms with E-state index >= 15 is 0 Å². The number of imide groups is 1. The van der Waals surface area contributed by atoms with E-state index in [9.17, 15) is 14.4 Å². The number of benzene rings is 1. The topological polar surface area (TPSA) is 84.9 Å². The van der Waals surface area contributed by atoms with Gasteiger partial charge in [-0.05, 0) is 52.2 Å². The molecule has 1 aliphatic heterocycles. The van der Waals surface area contributed by atoms with Gasteiger partial charge in [-0.25, -0.2) is 4.79 Å². The van der Waals surface area contributed by atoms with Crippen LogP contribution in [0.25, 0.3) is 0 Å². The number of hydrogen-bond donors (Lipinski definition) is 1. The van der Waals surface area contributed by atoms with Crippen molar-refractivity contribution >= 4 is 17.9 Å². The van der Waals surface area contributed by atoms with Crippen molar-refractivity contribution < 1.29 is 24.0 Å². The summed E-state index contributed by atoms with van der Waals surface area (Å²) >= 11 is 0. The summed E-state index contributed by atoms with van der Waals surface area (Å²) in [7, 11) is 0. The molecule has 3 amide bonds. The molecular formula is C18H22N2O5. The van der Waals surface area contributed by atoms with Gasteiger partial charge < -0.3 is 10.1 Å². The summed E-state index contributed by atoms with van der Waals surface area (Å²) in [6.07, 6.45) is 1.09. The number of carbonyl (C=O) groups excluding carboxylic acids is 3. The zero-order valence-corrected chi connectivity index (χ0v) is 14.6. The molecule has 7 heteroatoms. The summed E-state index contributed by atoms with van der Waals surface area (Å²) in [5.74, 6) is -0.881. The Labute approximate surface area is 146 Å². The molecule has 3 rings (SSSR count). The van der Waals surface area contributed by atoms with E-state index < -0.39 is 23.5 Å². The summed E-state index contributed by atoms with van der Waals surface area (Å²) in [6, 6.07) is 6.55. The zero-order valence-electron chi connectivity index (χ0n) is 14.6. The fraction of sp³-hybridized carbons (Fsp3) is 0.500. The lowest BCUT2D eigenvalue weighted by Crippen LogP contribution is -2.39. The van der Waals surface area contributed by atoms with Crippen LogP contribution in [-0.2, 0) is 9.57 Å². The minimum Gasteiger partial charge on any atom is -0.444 e. The van der Waals surface area contributed by atoms with Crippen LogP contribution < -0.4 is 5.32 Å². The van der Waals surface area contributed by atoms with E-state index in [1.54, 1.807) is 45.0 Å². The lowest BCUT2D eigenvalue weighted by atomic mass is 10.1. The van der Waals surface area contributed by atoms with Crippen molar-refractivity contribution in [1.82, 2.24) is 10.4 Å². The van der Waals surface area contributed by atoms with Gasteiger partial charge in [-0.1, -0.05) is 12.1 Å². The third-order valence-electron chi connectivity index (χ3n) is 4.12. The molecule has 134 valence electrons. The predicted octanol–water partition coefficient (Wildman–Crippen LogP) is 2.66. The maximum atomic E-state index is 12.3. The summed E-state index contributed by atoms with van der Waals surface area (Å²) < 4.78 is 5.24. The van der Waals surface area contributed by atoms with Crippen molar-refractivity contribution in [3.8, 4) is 0 Å². The molecule has 2 atom stereocenters. The van der Waals surface area contributed by atoms with Gasteiger partial charge in [0.2, 0.25) is 0 Å². The van der Waals surface area contributed by atoms with E-state index in [4.69, 9.17) is 9.57 Å². The number of rotatable bonds is 3. The van der Waals surface area contributed by atoms with Crippen LogP contribution in [0.1, 0.15) is 60.7 Å². The second-order valence-corrected chi connectivity index (χ2v) is 7.33. The maximum absolute atomic E-state index is 12.3. The van der Waals surface area contributed by atoms with Crippen LogP contribution >= 0.6 is 0 Å². The molecule has 25 heavy (non-hydrogen) atoms. The molecule has 2 aliphatic rings. The Morgan fingerprint density at radius 2 is 1.72 bits per heavy atom. The third-order valence-corrected chi connectivity index (χ3v) is 4.12. The van der Waals surface area contributed by atoms with Crippen LogP contribution in [0.15, 0.2) is 24.3 Å². The van der Waals surface area contributed by atoms with Gasteiger partial charge in [0.15, 0.2) is 0 Å². The molecule has 0 bridgehead atoms. The number of hydrogen-bond acceptors (Lipinski definition) is 5. The molecule has 1 aromatic rings. The third kappa shape index (κ3) is 3.82. The molecule has 0 saturated heterocycles. The van der Waals surface area contributed by atoms with E-state index in [0.717, 1.165) is 5.06 Å². The van der Waals surface area contributed by atoms with Crippen molar-refractivity contribution in [3.05, 3.63) is 35.4 Å². The number of nitrogens with zero attached hydrogens (tertiary/aromatic N) is 1. The highest BCUT2D eigenvalue weighted by Crippen LogP contribution is 2.28. The summed E-state index contributed by atoms with van der Waals surface area (Å²) in [5, 5.41) is 3.64. The highest BCUT2D eigenvalue weighted by atomic mass is 16.7. The smallest absolute Gasteiger partial charge is 0.407 e. The monoisotopic (exact) mass is 346 g/mol. The zero-order chi connectivity index (χ0) is 18.2. The molecule has 0 unspecified atom stereocenters. The molecule has 1 aromatic carbocycles. The Bertz CT molecular complexity index is 675. The highest BCUT2D eigenvalue weighted by molar-refractivity contribution is 6.20. The van der Waals surface area contributed by atoms with E-state index in [0.29, 0.717) is 30.4 Å². The SMILES string of the molecule is CC(C)(C)OC(=O)N[C@@H]1CC[C@@H](ON2C(=O)c3ccccc3C2=O)C1. The Hall–Kier alpha value is -2.41. The molecule has 1 fully saturated rings. The summed E-state index contributed by atoms with van der Waals surface area (Å²) in [4.78, 5) is 42.1. The number of alkyl carbamates (subject to hydrolysis) is 1. The van der Waals surface area contributed by atoms with Gasteiger partial charge in [-0.15, -0.1) is 5.06 Å². The van der Waals surface area contributed by atoms with E-state index in [-0.39, 0.29) is 12.1 Å². The van der Waals surface area contributed by atoms with Crippen LogP contribution in [0, 0.1) is 0 Å². The molecule has 1 N–H and O–H groups in total. The molecule has 0 radical (unpaired) electrons. The molecule has 1 heterocycles. The molecule has 1 saturated carbocycles. The van der Waals surface area contributed by atoms with Gasteiger partial charge in [0.05, 0.1) is 17.2 Å². The molecule has 0 spiro atoms. The number of hydroxylamine groups is 2. The first kappa shape index (κ1) is 17.4. The fourth-order valence-corrected chi connectivity index (χ4v) is 3.05. The minimum absolute atomic E-state index is 0.102. The van der Waals surface area contributed by atoms with E-state index in [1.807, 2.05) is 0 Å². The molecule has 7 nitrogen and oxygen atoms in total. The van der Waals surface area contributed by atoms with Crippen LogP contribution in [0.3, 0.4) is 0 Å². The van der Waals surface area contributed by atoms with Crippen LogP contribution in [-0.4, -0.2) is 40.7 Å². The summed E-state index contributed by atoms with van der Waals surface area (Å²) in [6.45, 7) is 5.40. The van der Waals surface area contributed by atoms with Crippen molar-refractivity contribution in [2.24, 2.45) is 0 Å². The normalized spacial score (nSPS) is 22.9. The molecular weight excluding hydrogens is 324 g/mol. The predicted molar refractivity (Wildman–Crippen MR) is 88.8 cm³/mol. The number of carbonyl (C=O) groups is 3. The van der Waals surface area contributed by atoms with E-state index in [2.05, 4.69) is 5.32 Å². The van der Waals surface area contributed by atoms with Crippen molar-refractivity contribution in [1.29, 1.82) is 0 Å². The van der Waals surface area contributed by atoms with Crippen molar-refractivity contribution in [2.45, 2.75) is 57.8 Å². The van der Waals surface area contributed by atoms with Gasteiger partial charge in [0.25, 0.3) is 11.8 Å². The largest absolute Gasteiger partial charge is 0.444 e. The standard InChI is InChI=1S/C18H22N2O5/c1-18(2,3)24-17(23)19-11-8-9-12(10-11)25-20-15(21)13-6-4-5-7-14(13)16(20)22/h4-7,11-12H,8-10H2,1-3H3,(H,19,23)/t11-,12-/m1/s1. The van der Waals surface area contributed by atoms with Crippen LogP contribution in [0.4, 0.5) is 4.79 Å². The van der Waals surface area contributed by atoms with Crippen LogP contribution in [0.5, 0.6) is 0 Å². The van der Waals surface area contributed by atoms with Gasteiger partial charge in [0, 0.05) is 6.04 Å². The summed E-state index contributed by atoms with van der Waals surface area (Å²) in [5.41, 5.74) is 0.154. The average Bonchev–Trinajstić information content (AvgIpc) is 3.05. The first-order valence-electron chi connectivity index (χ1n) is 8.39. The lowest BCUT2D eigenvalue weighted by Gasteiger charge is -2.22. The van der Waals surface area contributed by atoms with Gasteiger partial charge >= 0.3 is 6.09 Å². The first-order valence-corrected chi connectivity index (χ1v) is 8.39. The Morgan fingerprint density at radius 3 is 2.28 bits per heavy atom. The Morgan fingerprint density at radius 1 is 1.12 bits per heavy atom. The lowest BCUT2D eigenvalue weighted by molar-refractivity contribution is -0.129. The number of fused-ring (bicyclic) bond motifs is 1. The van der Waals surface area contributed by atoms with Crippen molar-refractivity contribution in [3.63, 3.8) is 0 Å². The Kier molecular flexibility index (Phi) is 4.51. The quantitative estimate of drug-likeness (QED) is 0.851. The maximum Gasteiger partial charge on any atom is 0.407 e. The van der Waals surface area contributed by atoms with Crippen LogP contribution in [0.2, 0.25) is 0 Å². The number of ether oxygens (including phenoxy) is 1. The first-order chi connectivity index (χ1) is 11.7. The number of nitrogens with one attached hydrogen (secondary N) is 1. The number of amides is 3. The Balaban J connectivity index is 1.55. The van der Waals surface area contributed by atoms with Gasteiger partial charge in [0.1, 0.15) is 5.60 Å². The van der Waals surface area contributed by atoms with Gasteiger partial charge in [-0.3, -0.25) is 14.4 Å². The molecule has 1 aliphatic carbocycles. The highest BCUT2D eigenvalue weighted by Gasteiger charge is 2.39. The second kappa shape index (κ2) is 6.48. The second-order valence-electron chi connectivity index (χ2n) is 7.33. The molecule has 0 aromatic heterocycles. The average molecular weight is 346 g/mol. The minimum atomic E-state index is -0.557. The van der Waals surface area contributed by atoms with Crippen molar-refractivity contribution in [2.75, 3.05) is 0 Å².